The van der Waals surface area contributed by atoms with Gasteiger partial charge in [-0.3, -0.25) is 9.59 Å². The number of aromatic nitrogens is 1. The first-order valence-electron chi connectivity index (χ1n) is 10.9. The van der Waals surface area contributed by atoms with Gasteiger partial charge in [0.25, 0.3) is 0 Å². The first-order chi connectivity index (χ1) is 16.5. The summed E-state index contributed by atoms with van der Waals surface area (Å²) in [7, 11) is 0. The molecule has 4 rings (SSSR count). The van der Waals surface area contributed by atoms with E-state index in [1.165, 1.54) is 0 Å². The number of anilines is 1. The monoisotopic (exact) mass is 452 g/mol. The zero-order valence-electron chi connectivity index (χ0n) is 18.3. The second kappa shape index (κ2) is 10.0. The van der Waals surface area contributed by atoms with Crippen molar-refractivity contribution in [2.75, 3.05) is 5.32 Å². The topological polar surface area (TPSA) is 99.5 Å². The average Bonchev–Trinajstić information content (AvgIpc) is 2.87. The van der Waals surface area contributed by atoms with Crippen molar-refractivity contribution in [3.05, 3.63) is 132 Å². The third-order valence-electron chi connectivity index (χ3n) is 5.75. The molecule has 3 aromatic carbocycles. The SMILES string of the molecule is O=C(O)C(Cc1cccc(NC(c2ccccc2)(c2ccccc2)c2ccccc2)n1)C(=O)O. The van der Waals surface area contributed by atoms with Crippen molar-refractivity contribution in [3.8, 4) is 0 Å². The first-order valence-corrected chi connectivity index (χ1v) is 10.9. The van der Waals surface area contributed by atoms with Gasteiger partial charge >= 0.3 is 11.9 Å². The highest BCUT2D eigenvalue weighted by Gasteiger charge is 2.36. The van der Waals surface area contributed by atoms with Crippen LogP contribution in [0.15, 0.2) is 109 Å². The van der Waals surface area contributed by atoms with E-state index in [0.29, 0.717) is 11.5 Å². The van der Waals surface area contributed by atoms with E-state index in [4.69, 9.17) is 0 Å². The summed E-state index contributed by atoms with van der Waals surface area (Å²) in [6, 6.07) is 35.2. The number of benzene rings is 3. The molecule has 0 spiro atoms. The number of hydrogen-bond acceptors (Lipinski definition) is 4. The predicted octanol–water partition coefficient (Wildman–Crippen LogP) is 4.81. The lowest BCUT2D eigenvalue weighted by atomic mass is 9.77. The van der Waals surface area contributed by atoms with Crippen LogP contribution in [0.3, 0.4) is 0 Å². The lowest BCUT2D eigenvalue weighted by Crippen LogP contribution is -2.38. The van der Waals surface area contributed by atoms with E-state index in [0.717, 1.165) is 16.7 Å². The Balaban J connectivity index is 1.85. The van der Waals surface area contributed by atoms with Crippen molar-refractivity contribution < 1.29 is 19.8 Å². The molecule has 34 heavy (non-hydrogen) atoms. The smallest absolute Gasteiger partial charge is 0.318 e. The zero-order valence-corrected chi connectivity index (χ0v) is 18.3. The van der Waals surface area contributed by atoms with E-state index >= 15 is 0 Å². The van der Waals surface area contributed by atoms with E-state index in [1.54, 1.807) is 18.2 Å². The zero-order chi connectivity index (χ0) is 24.0. The van der Waals surface area contributed by atoms with Crippen LogP contribution in [0.4, 0.5) is 5.82 Å². The summed E-state index contributed by atoms with van der Waals surface area (Å²) in [6.07, 6.45) is -0.213. The van der Waals surface area contributed by atoms with Crippen LogP contribution in [0, 0.1) is 5.92 Å². The highest BCUT2D eigenvalue weighted by atomic mass is 16.4. The van der Waals surface area contributed by atoms with Crippen LogP contribution < -0.4 is 5.32 Å². The molecular weight excluding hydrogens is 428 g/mol. The Kier molecular flexibility index (Phi) is 6.69. The number of carbonyl (C=O) groups is 2. The minimum Gasteiger partial charge on any atom is -0.481 e. The summed E-state index contributed by atoms with van der Waals surface area (Å²) in [5.41, 5.74) is 2.56. The Hall–Kier alpha value is -4.45. The number of carboxylic acids is 2. The summed E-state index contributed by atoms with van der Waals surface area (Å²) in [6.45, 7) is 0. The second-order valence-corrected chi connectivity index (χ2v) is 7.92. The van der Waals surface area contributed by atoms with Crippen molar-refractivity contribution in [1.82, 2.24) is 4.98 Å². The Morgan fingerprint density at radius 3 is 1.53 bits per heavy atom. The fourth-order valence-electron chi connectivity index (χ4n) is 4.13. The van der Waals surface area contributed by atoms with Gasteiger partial charge in [0.05, 0.1) is 0 Å². The molecule has 0 unspecified atom stereocenters. The molecule has 0 saturated carbocycles. The van der Waals surface area contributed by atoms with Crippen molar-refractivity contribution in [2.45, 2.75) is 12.0 Å². The van der Waals surface area contributed by atoms with Crippen molar-refractivity contribution in [3.63, 3.8) is 0 Å². The maximum absolute atomic E-state index is 11.4. The van der Waals surface area contributed by atoms with E-state index in [2.05, 4.69) is 10.3 Å². The Labute approximate surface area is 197 Å². The molecule has 3 N–H and O–H groups in total. The Bertz CT molecular complexity index is 1150. The molecule has 0 bridgehead atoms. The molecule has 170 valence electrons. The van der Waals surface area contributed by atoms with Gasteiger partial charge in [-0.15, -0.1) is 0 Å². The molecule has 1 aromatic heterocycles. The number of nitrogens with zero attached hydrogens (tertiary/aromatic N) is 1. The molecule has 0 fully saturated rings. The van der Waals surface area contributed by atoms with Crippen molar-refractivity contribution in [2.24, 2.45) is 5.92 Å². The van der Waals surface area contributed by atoms with E-state index < -0.39 is 23.4 Å². The first kappa shape index (κ1) is 22.7. The van der Waals surface area contributed by atoms with Gasteiger partial charge in [-0.25, -0.2) is 4.98 Å². The van der Waals surface area contributed by atoms with Crippen LogP contribution in [-0.2, 0) is 21.5 Å². The van der Waals surface area contributed by atoms with Crippen molar-refractivity contribution >= 4 is 17.8 Å². The number of aliphatic carboxylic acids is 2. The molecule has 0 saturated heterocycles. The summed E-state index contributed by atoms with van der Waals surface area (Å²) < 4.78 is 0. The molecular formula is C28H24N2O4. The maximum Gasteiger partial charge on any atom is 0.318 e. The molecule has 4 aromatic rings. The fraction of sp³-hybridized carbons (Fsp3) is 0.107. The highest BCUT2D eigenvalue weighted by Crippen LogP contribution is 2.39. The summed E-state index contributed by atoms with van der Waals surface area (Å²) in [5, 5.41) is 22.2. The highest BCUT2D eigenvalue weighted by molar-refractivity contribution is 5.93. The maximum atomic E-state index is 11.4. The second-order valence-electron chi connectivity index (χ2n) is 7.92. The van der Waals surface area contributed by atoms with Gasteiger partial charge in [-0.2, -0.15) is 0 Å². The normalized spacial score (nSPS) is 11.2. The standard InChI is InChI=1S/C28H24N2O4/c31-26(32)24(27(33)34)19-23-17-10-18-25(29-23)30-28(20-11-4-1-5-12-20,21-13-6-2-7-14-21)22-15-8-3-9-16-22/h1-18,24H,19H2,(H,29,30)(H,31,32)(H,33,34). The molecule has 0 aliphatic carbocycles. The van der Waals surface area contributed by atoms with Crippen LogP contribution in [0.5, 0.6) is 0 Å². The van der Waals surface area contributed by atoms with Crippen molar-refractivity contribution in [1.29, 1.82) is 0 Å². The minimum absolute atomic E-state index is 0.213. The lowest BCUT2D eigenvalue weighted by molar-refractivity contribution is -0.154. The van der Waals surface area contributed by atoms with Gasteiger partial charge in [0.2, 0.25) is 0 Å². The minimum atomic E-state index is -1.56. The van der Waals surface area contributed by atoms with Gasteiger partial charge in [0.1, 0.15) is 11.4 Å². The van der Waals surface area contributed by atoms with Crippen LogP contribution in [0.25, 0.3) is 0 Å². The lowest BCUT2D eigenvalue weighted by Gasteiger charge is -2.37. The van der Waals surface area contributed by atoms with Gasteiger partial charge < -0.3 is 15.5 Å². The largest absolute Gasteiger partial charge is 0.481 e. The number of pyridine rings is 1. The summed E-state index contributed by atoms with van der Waals surface area (Å²) in [4.78, 5) is 27.4. The number of rotatable bonds is 9. The molecule has 0 amide bonds. The molecule has 0 atom stereocenters. The number of carboxylic acid groups (broad SMARTS) is 2. The number of hydrogen-bond donors (Lipinski definition) is 3. The third kappa shape index (κ3) is 4.66. The molecule has 6 nitrogen and oxygen atoms in total. The van der Waals surface area contributed by atoms with Gasteiger partial charge in [-0.1, -0.05) is 97.1 Å². The molecule has 1 heterocycles. The van der Waals surface area contributed by atoms with Crippen LogP contribution >= 0.6 is 0 Å². The fourth-order valence-corrected chi connectivity index (χ4v) is 4.13. The van der Waals surface area contributed by atoms with E-state index in [-0.39, 0.29) is 6.42 Å². The Morgan fingerprint density at radius 1 is 0.676 bits per heavy atom. The van der Waals surface area contributed by atoms with Gasteiger partial charge in [0, 0.05) is 12.1 Å². The van der Waals surface area contributed by atoms with E-state index in [9.17, 15) is 19.8 Å². The van der Waals surface area contributed by atoms with Crippen LogP contribution in [0.1, 0.15) is 22.4 Å². The summed E-state index contributed by atoms with van der Waals surface area (Å²) >= 11 is 0. The molecule has 0 radical (unpaired) electrons. The van der Waals surface area contributed by atoms with Crippen LogP contribution in [-0.4, -0.2) is 27.1 Å². The number of nitrogens with one attached hydrogen (secondary N) is 1. The third-order valence-corrected chi connectivity index (χ3v) is 5.75. The average molecular weight is 453 g/mol. The predicted molar refractivity (Wildman–Crippen MR) is 130 cm³/mol. The summed E-state index contributed by atoms with van der Waals surface area (Å²) in [5.74, 6) is -3.84. The van der Waals surface area contributed by atoms with Gasteiger partial charge in [0.15, 0.2) is 5.92 Å². The molecule has 0 aliphatic heterocycles. The molecule has 6 heteroatoms. The van der Waals surface area contributed by atoms with Crippen LogP contribution in [0.2, 0.25) is 0 Å². The molecule has 0 aliphatic rings. The quantitative estimate of drug-likeness (QED) is 0.249. The van der Waals surface area contributed by atoms with E-state index in [1.807, 2.05) is 91.0 Å². The van der Waals surface area contributed by atoms with Gasteiger partial charge in [-0.05, 0) is 28.8 Å². The Morgan fingerprint density at radius 2 is 1.12 bits per heavy atom.